The summed E-state index contributed by atoms with van der Waals surface area (Å²) in [6.07, 6.45) is 1.63. The zero-order valence-electron chi connectivity index (χ0n) is 21.3. The van der Waals surface area contributed by atoms with Crippen LogP contribution in [0.1, 0.15) is 62.8 Å². The highest BCUT2D eigenvalue weighted by Gasteiger charge is 2.42. The van der Waals surface area contributed by atoms with Gasteiger partial charge in [0.2, 0.25) is 11.8 Å². The number of amides is 3. The molecule has 0 bridgehead atoms. The molecule has 0 radical (unpaired) electrons. The van der Waals surface area contributed by atoms with Gasteiger partial charge in [0, 0.05) is 11.8 Å². The van der Waals surface area contributed by atoms with Crippen molar-refractivity contribution in [3.63, 3.8) is 0 Å². The van der Waals surface area contributed by atoms with Crippen molar-refractivity contribution in [1.82, 2.24) is 15.5 Å². The number of carbonyl (C=O) groups is 4. The number of thiol groups is 1. The summed E-state index contributed by atoms with van der Waals surface area (Å²) < 4.78 is 9.96. The summed E-state index contributed by atoms with van der Waals surface area (Å²) >= 11 is 4.29. The average molecular weight is 508 g/mol. The summed E-state index contributed by atoms with van der Waals surface area (Å²) in [6, 6.07) is 3.44. The normalized spacial score (nSPS) is 15.3. The first-order valence-corrected chi connectivity index (χ1v) is 12.4. The molecule has 0 aromatic heterocycles. The van der Waals surface area contributed by atoms with Crippen molar-refractivity contribution >= 4 is 36.5 Å². The Balaban J connectivity index is 2.45. The second-order valence-corrected chi connectivity index (χ2v) is 10.1. The van der Waals surface area contributed by atoms with Gasteiger partial charge < -0.3 is 25.0 Å². The molecule has 0 heterocycles. The molecule has 0 aliphatic heterocycles. The van der Waals surface area contributed by atoms with Crippen LogP contribution >= 0.6 is 12.6 Å². The van der Waals surface area contributed by atoms with Gasteiger partial charge in [0.25, 0.3) is 0 Å². The van der Waals surface area contributed by atoms with Gasteiger partial charge in [-0.3, -0.25) is 14.4 Å². The molecule has 1 aliphatic rings. The third-order valence-corrected chi connectivity index (χ3v) is 6.14. The quantitative estimate of drug-likeness (QED) is 0.350. The van der Waals surface area contributed by atoms with Crippen LogP contribution in [0.3, 0.4) is 0 Å². The Morgan fingerprint density at radius 1 is 1.17 bits per heavy atom. The van der Waals surface area contributed by atoms with Gasteiger partial charge in [-0.1, -0.05) is 23.8 Å². The maximum atomic E-state index is 13.8. The Bertz CT molecular complexity index is 942. The average Bonchev–Trinajstić information content (AvgIpc) is 2.73. The summed E-state index contributed by atoms with van der Waals surface area (Å²) in [6.45, 7) is 8.68. The van der Waals surface area contributed by atoms with Crippen LogP contribution in [-0.2, 0) is 23.9 Å². The fraction of sp³-hybridized carbons (Fsp3) is 0.600. The number of methoxy groups -OCH3 is 1. The topological polar surface area (TPSA) is 114 Å². The Morgan fingerprint density at radius 3 is 2.31 bits per heavy atom. The molecular weight excluding hydrogens is 470 g/mol. The lowest BCUT2D eigenvalue weighted by Gasteiger charge is -2.43. The highest BCUT2D eigenvalue weighted by molar-refractivity contribution is 7.80. The summed E-state index contributed by atoms with van der Waals surface area (Å²) in [5.41, 5.74) is 1.76. The van der Waals surface area contributed by atoms with Crippen LogP contribution in [-0.4, -0.2) is 65.9 Å². The lowest BCUT2D eigenvalue weighted by atomic mass is 9.87. The zero-order chi connectivity index (χ0) is 26.3. The third kappa shape index (κ3) is 7.88. The second kappa shape index (κ2) is 12.3. The Labute approximate surface area is 212 Å². The molecule has 10 heteroatoms. The predicted octanol–water partition coefficient (Wildman–Crippen LogP) is 2.84. The molecule has 0 spiro atoms. The van der Waals surface area contributed by atoms with Crippen LogP contribution in [0.15, 0.2) is 18.2 Å². The van der Waals surface area contributed by atoms with Crippen molar-refractivity contribution in [2.75, 3.05) is 19.4 Å². The molecule has 0 saturated heterocycles. The number of ether oxygens (including phenoxy) is 2. The van der Waals surface area contributed by atoms with E-state index in [0.29, 0.717) is 5.56 Å². The van der Waals surface area contributed by atoms with Gasteiger partial charge in [-0.05, 0) is 65.0 Å². The first-order chi connectivity index (χ1) is 16.4. The molecule has 2 atom stereocenters. The van der Waals surface area contributed by atoms with E-state index < -0.39 is 41.6 Å². The van der Waals surface area contributed by atoms with E-state index in [2.05, 4.69) is 28.0 Å². The van der Waals surface area contributed by atoms with E-state index in [-0.39, 0.29) is 18.3 Å². The predicted molar refractivity (Wildman–Crippen MR) is 135 cm³/mol. The van der Waals surface area contributed by atoms with Gasteiger partial charge in [-0.15, -0.1) is 0 Å². The smallest absolute Gasteiger partial charge is 0.408 e. The van der Waals surface area contributed by atoms with Crippen molar-refractivity contribution in [2.45, 2.75) is 77.6 Å². The third-order valence-electron chi connectivity index (χ3n) is 5.78. The summed E-state index contributed by atoms with van der Waals surface area (Å²) in [5, 5.41) is 5.20. The van der Waals surface area contributed by atoms with Crippen LogP contribution < -0.4 is 10.6 Å². The van der Waals surface area contributed by atoms with Gasteiger partial charge >= 0.3 is 12.1 Å². The van der Waals surface area contributed by atoms with Crippen molar-refractivity contribution in [3.8, 4) is 0 Å². The van der Waals surface area contributed by atoms with E-state index in [1.54, 1.807) is 20.8 Å². The summed E-state index contributed by atoms with van der Waals surface area (Å²) in [4.78, 5) is 52.9. The van der Waals surface area contributed by atoms with E-state index in [1.807, 2.05) is 32.0 Å². The number of alkyl carbamates (subject to hydrolysis) is 1. The number of esters is 1. The molecule has 2 N–H and O–H groups in total. The molecule has 194 valence electrons. The molecule has 1 aromatic rings. The monoisotopic (exact) mass is 507 g/mol. The molecule has 2 unspecified atom stereocenters. The van der Waals surface area contributed by atoms with Gasteiger partial charge in [-0.25, -0.2) is 4.79 Å². The number of carbonyl (C=O) groups excluding carboxylic acids is 4. The second-order valence-electron chi connectivity index (χ2n) is 9.77. The molecular formula is C25H37N3O6S. The summed E-state index contributed by atoms with van der Waals surface area (Å²) in [5.74, 6) is -1.52. The standard InChI is InChI=1S/C25H37N3O6S/c1-15-10-11-18(16(2)12-15)21(22(30)26-13-20(29)33-6)28(17-8-7-9-17)23(31)19(14-35)27-24(32)34-25(3,4)5/h10-12,17,19,21,35H,7-9,13-14H2,1-6H3,(H,26,30)(H,27,32). The molecule has 1 aromatic carbocycles. The van der Waals surface area contributed by atoms with E-state index >= 15 is 0 Å². The Kier molecular flexibility index (Phi) is 10.00. The summed E-state index contributed by atoms with van der Waals surface area (Å²) in [7, 11) is 1.24. The van der Waals surface area contributed by atoms with E-state index in [4.69, 9.17) is 4.74 Å². The maximum absolute atomic E-state index is 13.8. The van der Waals surface area contributed by atoms with Gasteiger partial charge in [0.05, 0.1) is 7.11 Å². The minimum Gasteiger partial charge on any atom is -0.468 e. The Hall–Kier alpha value is -2.75. The minimum atomic E-state index is -1.00. The zero-order valence-corrected chi connectivity index (χ0v) is 22.2. The highest BCUT2D eigenvalue weighted by atomic mass is 32.1. The largest absolute Gasteiger partial charge is 0.468 e. The van der Waals surface area contributed by atoms with Crippen molar-refractivity contribution < 1.29 is 28.7 Å². The lowest BCUT2D eigenvalue weighted by molar-refractivity contribution is -0.148. The number of nitrogens with one attached hydrogen (secondary N) is 2. The molecule has 9 nitrogen and oxygen atoms in total. The van der Waals surface area contributed by atoms with Crippen LogP contribution in [0.5, 0.6) is 0 Å². The first kappa shape index (κ1) is 28.5. The molecule has 35 heavy (non-hydrogen) atoms. The first-order valence-electron chi connectivity index (χ1n) is 11.7. The van der Waals surface area contributed by atoms with Crippen molar-refractivity contribution in [1.29, 1.82) is 0 Å². The van der Waals surface area contributed by atoms with Crippen LogP contribution in [0.4, 0.5) is 4.79 Å². The molecule has 1 saturated carbocycles. The molecule has 3 amide bonds. The number of hydrogen-bond acceptors (Lipinski definition) is 7. The Morgan fingerprint density at radius 2 is 1.83 bits per heavy atom. The van der Waals surface area contributed by atoms with E-state index in [9.17, 15) is 19.2 Å². The van der Waals surface area contributed by atoms with Crippen molar-refractivity contribution in [2.24, 2.45) is 0 Å². The molecule has 1 aliphatic carbocycles. The lowest BCUT2D eigenvalue weighted by Crippen LogP contribution is -2.58. The minimum absolute atomic E-state index is 0.0185. The molecule has 2 rings (SSSR count). The van der Waals surface area contributed by atoms with Crippen LogP contribution in [0.25, 0.3) is 0 Å². The van der Waals surface area contributed by atoms with Gasteiger partial charge in [0.15, 0.2) is 0 Å². The number of nitrogens with zero attached hydrogens (tertiary/aromatic N) is 1. The highest BCUT2D eigenvalue weighted by Crippen LogP contribution is 2.35. The van der Waals surface area contributed by atoms with Crippen molar-refractivity contribution in [3.05, 3.63) is 34.9 Å². The van der Waals surface area contributed by atoms with Gasteiger partial charge in [0.1, 0.15) is 24.2 Å². The van der Waals surface area contributed by atoms with E-state index in [0.717, 1.165) is 30.4 Å². The van der Waals surface area contributed by atoms with Gasteiger partial charge in [-0.2, -0.15) is 12.6 Å². The number of rotatable bonds is 9. The fourth-order valence-electron chi connectivity index (χ4n) is 3.88. The van der Waals surface area contributed by atoms with Crippen LogP contribution in [0, 0.1) is 13.8 Å². The number of benzene rings is 1. The number of hydrogen-bond donors (Lipinski definition) is 3. The maximum Gasteiger partial charge on any atom is 0.408 e. The van der Waals surface area contributed by atoms with Crippen LogP contribution in [0.2, 0.25) is 0 Å². The SMILES string of the molecule is COC(=O)CNC(=O)C(c1ccc(C)cc1C)N(C(=O)C(CS)NC(=O)OC(C)(C)C)C1CCC1. The van der Waals surface area contributed by atoms with E-state index in [1.165, 1.54) is 12.0 Å². The molecule has 1 fully saturated rings. The fourth-order valence-corrected chi connectivity index (χ4v) is 4.12. The number of aryl methyl sites for hydroxylation is 2.